The molecule has 1 aliphatic heterocycles. The number of piperazine rings is 1. The van der Waals surface area contributed by atoms with Gasteiger partial charge in [-0.3, -0.25) is 14.5 Å². The van der Waals surface area contributed by atoms with Crippen LogP contribution in [0.25, 0.3) is 0 Å². The minimum Gasteiger partial charge on any atom is -0.468 e. The number of ether oxygens (including phenoxy) is 1. The van der Waals surface area contributed by atoms with Gasteiger partial charge in [-0.15, -0.1) is 0 Å². The van der Waals surface area contributed by atoms with Crippen molar-refractivity contribution in [2.45, 2.75) is 13.3 Å². The molecule has 104 valence electrons. The summed E-state index contributed by atoms with van der Waals surface area (Å²) in [6.45, 7) is 5.60. The molecule has 1 aliphatic rings. The van der Waals surface area contributed by atoms with Gasteiger partial charge in [-0.1, -0.05) is 6.92 Å². The highest BCUT2D eigenvalue weighted by atomic mass is 16.5. The number of nitrogens with two attached hydrogens (primary N) is 1. The van der Waals surface area contributed by atoms with Crippen LogP contribution in [0.4, 0.5) is 0 Å². The van der Waals surface area contributed by atoms with Crippen LogP contribution in [0.1, 0.15) is 13.3 Å². The second-order valence-corrected chi connectivity index (χ2v) is 4.78. The summed E-state index contributed by atoms with van der Waals surface area (Å²) in [7, 11) is 1.39. The third-order valence-electron chi connectivity index (χ3n) is 3.23. The minimum atomic E-state index is -0.230. The number of amides is 1. The minimum absolute atomic E-state index is 0.158. The van der Waals surface area contributed by atoms with Gasteiger partial charge >= 0.3 is 5.97 Å². The van der Waals surface area contributed by atoms with E-state index in [0.717, 1.165) is 13.1 Å². The molecule has 0 spiro atoms. The molecule has 0 saturated carbocycles. The number of esters is 1. The highest BCUT2D eigenvalue weighted by Gasteiger charge is 2.23. The van der Waals surface area contributed by atoms with Crippen molar-refractivity contribution >= 4 is 11.9 Å². The van der Waals surface area contributed by atoms with Crippen molar-refractivity contribution in [2.24, 2.45) is 11.7 Å². The van der Waals surface area contributed by atoms with Crippen molar-refractivity contribution in [3.63, 3.8) is 0 Å². The second-order valence-electron chi connectivity index (χ2n) is 4.78. The van der Waals surface area contributed by atoms with Crippen LogP contribution in [0.15, 0.2) is 0 Å². The van der Waals surface area contributed by atoms with Crippen molar-refractivity contribution in [1.82, 2.24) is 9.80 Å². The van der Waals surface area contributed by atoms with Crippen LogP contribution in [0.3, 0.4) is 0 Å². The maximum absolute atomic E-state index is 11.9. The lowest BCUT2D eigenvalue weighted by Crippen LogP contribution is -2.50. The number of rotatable bonds is 5. The zero-order valence-corrected chi connectivity index (χ0v) is 11.2. The first kappa shape index (κ1) is 14.9. The van der Waals surface area contributed by atoms with Crippen LogP contribution in [0.2, 0.25) is 0 Å². The summed E-state index contributed by atoms with van der Waals surface area (Å²) < 4.78 is 4.62. The molecule has 1 amide bonds. The highest BCUT2D eigenvalue weighted by Crippen LogP contribution is 2.08. The maximum Gasteiger partial charge on any atom is 0.319 e. The number of methoxy groups -OCH3 is 1. The molecule has 0 aromatic carbocycles. The van der Waals surface area contributed by atoms with Crippen LogP contribution in [0, 0.1) is 5.92 Å². The first-order chi connectivity index (χ1) is 8.56. The quantitative estimate of drug-likeness (QED) is 0.658. The highest BCUT2D eigenvalue weighted by molar-refractivity contribution is 5.76. The van der Waals surface area contributed by atoms with Crippen LogP contribution < -0.4 is 5.73 Å². The number of hydrogen-bond donors (Lipinski definition) is 1. The summed E-state index contributed by atoms with van der Waals surface area (Å²) in [5.41, 5.74) is 5.51. The van der Waals surface area contributed by atoms with E-state index in [2.05, 4.69) is 4.74 Å². The predicted molar refractivity (Wildman–Crippen MR) is 67.9 cm³/mol. The lowest BCUT2D eigenvalue weighted by atomic mass is 10.1. The van der Waals surface area contributed by atoms with Gasteiger partial charge in [-0.05, 0) is 12.5 Å². The number of carbonyl (C=O) groups is 2. The van der Waals surface area contributed by atoms with E-state index >= 15 is 0 Å². The maximum atomic E-state index is 11.9. The summed E-state index contributed by atoms with van der Waals surface area (Å²) in [5.74, 6) is 0.155. The van der Waals surface area contributed by atoms with E-state index in [4.69, 9.17) is 5.73 Å². The predicted octanol–water partition coefficient (Wildman–Crippen LogP) is -0.711. The molecule has 1 saturated heterocycles. The van der Waals surface area contributed by atoms with E-state index < -0.39 is 0 Å². The molecular formula is C12H23N3O3. The summed E-state index contributed by atoms with van der Waals surface area (Å²) >= 11 is 0. The zero-order chi connectivity index (χ0) is 13.5. The first-order valence-corrected chi connectivity index (χ1v) is 6.33. The normalized spacial score (nSPS) is 18.5. The van der Waals surface area contributed by atoms with Gasteiger partial charge in [-0.25, -0.2) is 0 Å². The Bertz CT molecular complexity index is 288. The van der Waals surface area contributed by atoms with E-state index in [9.17, 15) is 9.59 Å². The van der Waals surface area contributed by atoms with Crippen LogP contribution >= 0.6 is 0 Å². The topological polar surface area (TPSA) is 75.9 Å². The van der Waals surface area contributed by atoms with Crippen molar-refractivity contribution in [1.29, 1.82) is 0 Å². The standard InChI is InChI=1S/C12H23N3O3/c1-10(8-13)7-11(16)15-5-3-14(4-6-15)9-12(17)18-2/h10H,3-9,13H2,1-2H3. The fraction of sp³-hybridized carbons (Fsp3) is 0.833. The molecule has 0 aromatic heterocycles. The van der Waals surface area contributed by atoms with Crippen LogP contribution in [-0.2, 0) is 14.3 Å². The number of carbonyl (C=O) groups excluding carboxylic acids is 2. The van der Waals surface area contributed by atoms with Crippen LogP contribution in [-0.4, -0.2) is 68.1 Å². The van der Waals surface area contributed by atoms with Crippen molar-refractivity contribution in [2.75, 3.05) is 46.4 Å². The summed E-state index contributed by atoms with van der Waals surface area (Å²) in [6.07, 6.45) is 0.507. The Hall–Kier alpha value is -1.14. The Labute approximate surface area is 108 Å². The smallest absolute Gasteiger partial charge is 0.319 e. The Kier molecular flexibility index (Phi) is 6.07. The van der Waals surface area contributed by atoms with E-state index in [0.29, 0.717) is 32.6 Å². The van der Waals surface area contributed by atoms with Gasteiger partial charge in [0.05, 0.1) is 13.7 Å². The van der Waals surface area contributed by atoms with Gasteiger partial charge in [0.15, 0.2) is 0 Å². The lowest BCUT2D eigenvalue weighted by molar-refractivity contribution is -0.142. The molecule has 0 aromatic rings. The Morgan fingerprint density at radius 1 is 1.28 bits per heavy atom. The molecule has 0 bridgehead atoms. The molecule has 2 N–H and O–H groups in total. The van der Waals surface area contributed by atoms with Crippen molar-refractivity contribution in [3.8, 4) is 0 Å². The first-order valence-electron chi connectivity index (χ1n) is 6.33. The SMILES string of the molecule is COC(=O)CN1CCN(C(=O)CC(C)CN)CC1. The average Bonchev–Trinajstić information content (AvgIpc) is 2.39. The Morgan fingerprint density at radius 3 is 2.39 bits per heavy atom. The molecule has 1 rings (SSSR count). The van der Waals surface area contributed by atoms with E-state index in [1.807, 2.05) is 16.7 Å². The Morgan fingerprint density at radius 2 is 1.89 bits per heavy atom. The molecule has 0 radical (unpaired) electrons. The summed E-state index contributed by atoms with van der Waals surface area (Å²) in [6, 6.07) is 0. The molecule has 6 heteroatoms. The van der Waals surface area contributed by atoms with Gasteiger partial charge in [0.25, 0.3) is 0 Å². The molecule has 1 atom stereocenters. The fourth-order valence-electron chi connectivity index (χ4n) is 1.91. The van der Waals surface area contributed by atoms with Crippen molar-refractivity contribution in [3.05, 3.63) is 0 Å². The van der Waals surface area contributed by atoms with E-state index in [-0.39, 0.29) is 17.8 Å². The van der Waals surface area contributed by atoms with Crippen LogP contribution in [0.5, 0.6) is 0 Å². The number of nitrogens with zero attached hydrogens (tertiary/aromatic N) is 2. The van der Waals surface area contributed by atoms with Gasteiger partial charge in [0, 0.05) is 32.6 Å². The molecule has 1 heterocycles. The molecule has 6 nitrogen and oxygen atoms in total. The van der Waals surface area contributed by atoms with E-state index in [1.54, 1.807) is 0 Å². The lowest BCUT2D eigenvalue weighted by Gasteiger charge is -2.34. The number of hydrogen-bond acceptors (Lipinski definition) is 5. The zero-order valence-electron chi connectivity index (χ0n) is 11.2. The van der Waals surface area contributed by atoms with E-state index in [1.165, 1.54) is 7.11 Å². The third-order valence-corrected chi connectivity index (χ3v) is 3.23. The Balaban J connectivity index is 2.30. The van der Waals surface area contributed by atoms with Crippen molar-refractivity contribution < 1.29 is 14.3 Å². The largest absolute Gasteiger partial charge is 0.468 e. The monoisotopic (exact) mass is 257 g/mol. The average molecular weight is 257 g/mol. The molecular weight excluding hydrogens is 234 g/mol. The summed E-state index contributed by atoms with van der Waals surface area (Å²) in [5, 5.41) is 0. The molecule has 1 unspecified atom stereocenters. The third kappa shape index (κ3) is 4.62. The van der Waals surface area contributed by atoms with Gasteiger partial charge < -0.3 is 15.4 Å². The van der Waals surface area contributed by atoms with Gasteiger partial charge in [-0.2, -0.15) is 0 Å². The second kappa shape index (κ2) is 7.33. The molecule has 1 fully saturated rings. The summed E-state index contributed by atoms with van der Waals surface area (Å²) in [4.78, 5) is 26.9. The molecule has 18 heavy (non-hydrogen) atoms. The molecule has 0 aliphatic carbocycles. The van der Waals surface area contributed by atoms with Gasteiger partial charge in [0.2, 0.25) is 5.91 Å². The van der Waals surface area contributed by atoms with Gasteiger partial charge in [0.1, 0.15) is 0 Å². The fourth-order valence-corrected chi connectivity index (χ4v) is 1.91.